The molecular formula is C21H15F2N3O. The highest BCUT2D eigenvalue weighted by molar-refractivity contribution is 6.00. The molecule has 0 unspecified atom stereocenters. The summed E-state index contributed by atoms with van der Waals surface area (Å²) in [4.78, 5) is 16.7. The second-order valence-corrected chi connectivity index (χ2v) is 5.58. The summed E-state index contributed by atoms with van der Waals surface area (Å²) in [5.41, 5.74) is 4.58. The standard InChI is InChI=1S/C21H15F2N3O/c22-17-9-5-15(6-10-17)13-24-20-4-2-1-3-19(20)21(27)26-25-14-16-7-11-18(23)12-8-16/h1-14H,(H,26,27)/b24-13?,25-14+. The zero-order valence-corrected chi connectivity index (χ0v) is 14.1. The van der Waals surface area contributed by atoms with E-state index in [1.807, 2.05) is 0 Å². The molecule has 0 bridgehead atoms. The fourth-order valence-electron chi connectivity index (χ4n) is 2.25. The Labute approximate surface area is 154 Å². The van der Waals surface area contributed by atoms with E-state index in [-0.39, 0.29) is 11.6 Å². The maximum Gasteiger partial charge on any atom is 0.273 e. The van der Waals surface area contributed by atoms with Crippen molar-refractivity contribution < 1.29 is 13.6 Å². The van der Waals surface area contributed by atoms with Crippen LogP contribution in [-0.2, 0) is 0 Å². The van der Waals surface area contributed by atoms with Crippen LogP contribution >= 0.6 is 0 Å². The van der Waals surface area contributed by atoms with E-state index < -0.39 is 5.91 Å². The molecule has 0 heterocycles. The van der Waals surface area contributed by atoms with Crippen molar-refractivity contribution in [2.75, 3.05) is 0 Å². The van der Waals surface area contributed by atoms with Gasteiger partial charge in [-0.15, -0.1) is 0 Å². The number of para-hydroxylation sites is 1. The van der Waals surface area contributed by atoms with Crippen molar-refractivity contribution in [2.45, 2.75) is 0 Å². The highest BCUT2D eigenvalue weighted by Crippen LogP contribution is 2.18. The van der Waals surface area contributed by atoms with E-state index in [1.165, 1.54) is 30.5 Å². The Morgan fingerprint density at radius 2 is 1.33 bits per heavy atom. The van der Waals surface area contributed by atoms with E-state index in [1.54, 1.807) is 54.7 Å². The molecule has 0 spiro atoms. The number of carbonyl (C=O) groups is 1. The zero-order chi connectivity index (χ0) is 19.1. The molecule has 6 heteroatoms. The van der Waals surface area contributed by atoms with Gasteiger partial charge in [0.2, 0.25) is 0 Å². The predicted molar refractivity (Wildman–Crippen MR) is 102 cm³/mol. The summed E-state index contributed by atoms with van der Waals surface area (Å²) < 4.78 is 25.8. The number of nitrogens with zero attached hydrogens (tertiary/aromatic N) is 2. The monoisotopic (exact) mass is 363 g/mol. The number of carbonyl (C=O) groups excluding carboxylic acids is 1. The van der Waals surface area contributed by atoms with Crippen LogP contribution in [0.2, 0.25) is 0 Å². The third kappa shape index (κ3) is 5.15. The van der Waals surface area contributed by atoms with Crippen molar-refractivity contribution in [3.05, 3.63) is 101 Å². The van der Waals surface area contributed by atoms with Crippen molar-refractivity contribution in [2.24, 2.45) is 10.1 Å². The number of hydrazone groups is 1. The molecular weight excluding hydrogens is 348 g/mol. The number of amides is 1. The van der Waals surface area contributed by atoms with Gasteiger partial charge in [-0.3, -0.25) is 9.79 Å². The maximum absolute atomic E-state index is 13.0. The van der Waals surface area contributed by atoms with E-state index in [2.05, 4.69) is 15.5 Å². The van der Waals surface area contributed by atoms with Gasteiger partial charge in [0.05, 0.1) is 17.5 Å². The van der Waals surface area contributed by atoms with Crippen LogP contribution in [0.25, 0.3) is 0 Å². The Hall–Kier alpha value is -3.67. The first-order valence-electron chi connectivity index (χ1n) is 8.09. The van der Waals surface area contributed by atoms with Gasteiger partial charge in [-0.1, -0.05) is 36.4 Å². The van der Waals surface area contributed by atoms with Gasteiger partial charge in [-0.05, 0) is 47.5 Å². The molecule has 4 nitrogen and oxygen atoms in total. The van der Waals surface area contributed by atoms with Crippen LogP contribution in [0, 0.1) is 11.6 Å². The molecule has 27 heavy (non-hydrogen) atoms. The fourth-order valence-corrected chi connectivity index (χ4v) is 2.25. The molecule has 0 aliphatic heterocycles. The van der Waals surface area contributed by atoms with Crippen LogP contribution in [0.3, 0.4) is 0 Å². The molecule has 0 fully saturated rings. The van der Waals surface area contributed by atoms with E-state index >= 15 is 0 Å². The summed E-state index contributed by atoms with van der Waals surface area (Å²) >= 11 is 0. The largest absolute Gasteiger partial charge is 0.273 e. The van der Waals surface area contributed by atoms with Gasteiger partial charge in [0.15, 0.2) is 0 Å². The molecule has 0 atom stereocenters. The number of hydrogen-bond acceptors (Lipinski definition) is 3. The Kier molecular flexibility index (Phi) is 5.79. The van der Waals surface area contributed by atoms with E-state index in [0.29, 0.717) is 22.4 Å². The Bertz CT molecular complexity index is 981. The molecule has 3 rings (SSSR count). The van der Waals surface area contributed by atoms with Crippen LogP contribution < -0.4 is 5.43 Å². The van der Waals surface area contributed by atoms with Gasteiger partial charge < -0.3 is 0 Å². The van der Waals surface area contributed by atoms with Crippen LogP contribution in [0.4, 0.5) is 14.5 Å². The first-order chi connectivity index (χ1) is 13.1. The molecule has 0 saturated heterocycles. The minimum Gasteiger partial charge on any atom is -0.267 e. The third-order valence-electron chi connectivity index (χ3n) is 3.62. The second-order valence-electron chi connectivity index (χ2n) is 5.58. The first-order valence-corrected chi connectivity index (χ1v) is 8.09. The van der Waals surface area contributed by atoms with Crippen molar-refractivity contribution in [1.82, 2.24) is 5.43 Å². The van der Waals surface area contributed by atoms with Crippen molar-refractivity contribution >= 4 is 24.0 Å². The molecule has 0 aliphatic rings. The summed E-state index contributed by atoms with van der Waals surface area (Å²) in [6, 6.07) is 18.4. The lowest BCUT2D eigenvalue weighted by molar-refractivity contribution is 0.0956. The number of rotatable bonds is 5. The quantitative estimate of drug-likeness (QED) is 0.527. The van der Waals surface area contributed by atoms with Crippen molar-refractivity contribution in [3.8, 4) is 0 Å². The molecule has 1 amide bonds. The van der Waals surface area contributed by atoms with Gasteiger partial charge in [0.25, 0.3) is 5.91 Å². The lowest BCUT2D eigenvalue weighted by atomic mass is 10.1. The van der Waals surface area contributed by atoms with Gasteiger partial charge in [0.1, 0.15) is 11.6 Å². The van der Waals surface area contributed by atoms with Crippen molar-refractivity contribution in [3.63, 3.8) is 0 Å². The highest BCUT2D eigenvalue weighted by atomic mass is 19.1. The van der Waals surface area contributed by atoms with E-state index in [4.69, 9.17) is 0 Å². The third-order valence-corrected chi connectivity index (χ3v) is 3.62. The molecule has 3 aromatic rings. The molecule has 1 N–H and O–H groups in total. The molecule has 0 aromatic heterocycles. The van der Waals surface area contributed by atoms with Crippen LogP contribution in [0.5, 0.6) is 0 Å². The zero-order valence-electron chi connectivity index (χ0n) is 14.1. The number of aliphatic imine (C=N–C) groups is 1. The Morgan fingerprint density at radius 1 is 0.778 bits per heavy atom. The summed E-state index contributed by atoms with van der Waals surface area (Å²) in [6.07, 6.45) is 2.97. The number of halogens is 2. The summed E-state index contributed by atoms with van der Waals surface area (Å²) in [7, 11) is 0. The smallest absolute Gasteiger partial charge is 0.267 e. The van der Waals surface area contributed by atoms with E-state index in [9.17, 15) is 13.6 Å². The molecule has 134 valence electrons. The summed E-state index contributed by atoms with van der Waals surface area (Å²) in [5, 5.41) is 3.88. The van der Waals surface area contributed by atoms with Crippen LogP contribution in [0.1, 0.15) is 21.5 Å². The Morgan fingerprint density at radius 3 is 1.96 bits per heavy atom. The topological polar surface area (TPSA) is 53.8 Å². The SMILES string of the molecule is O=C(N/N=C/c1ccc(F)cc1)c1ccccc1N=Cc1ccc(F)cc1. The summed E-state index contributed by atoms with van der Waals surface area (Å²) in [6.45, 7) is 0. The molecule has 3 aromatic carbocycles. The summed E-state index contributed by atoms with van der Waals surface area (Å²) in [5.74, 6) is -1.10. The van der Waals surface area contributed by atoms with Gasteiger partial charge in [-0.25, -0.2) is 14.2 Å². The predicted octanol–water partition coefficient (Wildman–Crippen LogP) is 4.48. The normalized spacial score (nSPS) is 11.2. The Balaban J connectivity index is 1.71. The van der Waals surface area contributed by atoms with Gasteiger partial charge in [0, 0.05) is 6.21 Å². The van der Waals surface area contributed by atoms with Crippen molar-refractivity contribution in [1.29, 1.82) is 0 Å². The minimum atomic E-state index is -0.430. The van der Waals surface area contributed by atoms with Gasteiger partial charge >= 0.3 is 0 Å². The average molecular weight is 363 g/mol. The van der Waals surface area contributed by atoms with Gasteiger partial charge in [-0.2, -0.15) is 5.10 Å². The number of hydrogen-bond donors (Lipinski definition) is 1. The maximum atomic E-state index is 13.0. The average Bonchev–Trinajstić information content (AvgIpc) is 2.69. The minimum absolute atomic E-state index is 0.328. The molecule has 0 radical (unpaired) electrons. The second kappa shape index (κ2) is 8.62. The fraction of sp³-hybridized carbons (Fsp3) is 0. The number of nitrogens with one attached hydrogen (secondary N) is 1. The number of benzene rings is 3. The van der Waals surface area contributed by atoms with E-state index in [0.717, 1.165) is 0 Å². The lowest BCUT2D eigenvalue weighted by Crippen LogP contribution is -2.17. The first kappa shape index (κ1) is 18.1. The molecule has 0 aliphatic carbocycles. The van der Waals surface area contributed by atoms with Crippen LogP contribution in [0.15, 0.2) is 82.9 Å². The highest BCUT2D eigenvalue weighted by Gasteiger charge is 2.09. The van der Waals surface area contributed by atoms with Crippen LogP contribution in [-0.4, -0.2) is 18.3 Å². The lowest BCUT2D eigenvalue weighted by Gasteiger charge is -2.04. The molecule has 0 saturated carbocycles.